The minimum absolute atomic E-state index is 0.0409. The first-order valence-corrected chi connectivity index (χ1v) is 8.92. The normalized spacial score (nSPS) is 13.0. The van der Waals surface area contributed by atoms with Gasteiger partial charge in [-0.15, -0.1) is 0 Å². The zero-order valence-electron chi connectivity index (χ0n) is 16.8. The van der Waals surface area contributed by atoms with Gasteiger partial charge >= 0.3 is 18.0 Å². The van der Waals surface area contributed by atoms with Gasteiger partial charge < -0.3 is 24.8 Å². The number of benzene rings is 1. The molecule has 0 spiro atoms. The Bertz CT molecular complexity index is 842. The van der Waals surface area contributed by atoms with Crippen molar-refractivity contribution in [2.45, 2.75) is 39.7 Å². The van der Waals surface area contributed by atoms with Crippen LogP contribution in [-0.4, -0.2) is 49.2 Å². The standard InChI is InChI=1S/C20H26N2O6/c1-11(7-9-15(23)24)6-8-13-17(21-20(26)22(3)4)16-14(10-28-19(16)25)12(2)18(13)27-5/h6H,7-10H2,1-5H3,(H,21,26)(H,23,24)/b11-6+. The molecule has 2 amide bonds. The number of aliphatic carboxylic acids is 1. The fraction of sp³-hybridized carbons (Fsp3) is 0.450. The number of rotatable bonds is 7. The van der Waals surface area contributed by atoms with Gasteiger partial charge in [0.25, 0.3) is 0 Å². The molecule has 28 heavy (non-hydrogen) atoms. The summed E-state index contributed by atoms with van der Waals surface area (Å²) in [7, 11) is 4.75. The second kappa shape index (κ2) is 8.77. The smallest absolute Gasteiger partial charge is 0.341 e. The third-order valence-electron chi connectivity index (χ3n) is 4.70. The van der Waals surface area contributed by atoms with Crippen molar-refractivity contribution in [3.8, 4) is 5.75 Å². The quantitative estimate of drug-likeness (QED) is 0.547. The number of fused-ring (bicyclic) bond motifs is 1. The summed E-state index contributed by atoms with van der Waals surface area (Å²) in [4.78, 5) is 36.8. The number of hydrogen-bond acceptors (Lipinski definition) is 5. The number of carboxylic acid groups (broad SMARTS) is 1. The molecule has 8 heteroatoms. The third kappa shape index (κ3) is 4.44. The Balaban J connectivity index is 2.55. The summed E-state index contributed by atoms with van der Waals surface area (Å²) in [5.41, 5.74) is 3.77. The van der Waals surface area contributed by atoms with Crippen molar-refractivity contribution in [1.29, 1.82) is 0 Å². The maximum absolute atomic E-state index is 12.3. The van der Waals surface area contributed by atoms with Crippen molar-refractivity contribution >= 4 is 23.7 Å². The predicted octanol–water partition coefficient (Wildman–Crippen LogP) is 3.12. The molecule has 2 rings (SSSR count). The molecule has 0 unspecified atom stereocenters. The number of nitrogens with zero attached hydrogens (tertiary/aromatic N) is 1. The monoisotopic (exact) mass is 390 g/mol. The molecule has 0 saturated carbocycles. The van der Waals surface area contributed by atoms with Crippen LogP contribution in [0, 0.1) is 6.92 Å². The van der Waals surface area contributed by atoms with Gasteiger partial charge in [0, 0.05) is 31.6 Å². The van der Waals surface area contributed by atoms with Gasteiger partial charge in [0.1, 0.15) is 12.4 Å². The van der Waals surface area contributed by atoms with Crippen LogP contribution in [0.15, 0.2) is 11.6 Å². The fourth-order valence-corrected chi connectivity index (χ4v) is 3.09. The molecule has 1 aliphatic heterocycles. The molecule has 0 aliphatic carbocycles. The Labute approximate surface area is 164 Å². The average Bonchev–Trinajstić information content (AvgIpc) is 3.02. The number of urea groups is 1. The van der Waals surface area contributed by atoms with Gasteiger partial charge in [-0.1, -0.05) is 11.6 Å². The number of amides is 2. The van der Waals surface area contributed by atoms with Crippen LogP contribution in [0.2, 0.25) is 0 Å². The number of hydrogen-bond donors (Lipinski definition) is 2. The number of methoxy groups -OCH3 is 1. The Morgan fingerprint density at radius 2 is 2.00 bits per heavy atom. The summed E-state index contributed by atoms with van der Waals surface area (Å²) < 4.78 is 10.8. The summed E-state index contributed by atoms with van der Waals surface area (Å²) >= 11 is 0. The van der Waals surface area contributed by atoms with Gasteiger partial charge in [-0.05, 0) is 32.3 Å². The lowest BCUT2D eigenvalue weighted by Gasteiger charge is -2.21. The van der Waals surface area contributed by atoms with E-state index in [-0.39, 0.29) is 19.1 Å². The lowest BCUT2D eigenvalue weighted by molar-refractivity contribution is -0.136. The second-order valence-corrected chi connectivity index (χ2v) is 6.91. The summed E-state index contributed by atoms with van der Waals surface area (Å²) in [6.07, 6.45) is 2.72. The molecule has 0 atom stereocenters. The SMILES string of the molecule is COc1c(C)c2c(c(NC(=O)N(C)C)c1C/C=C(\C)CCC(=O)O)C(=O)OC2. The largest absolute Gasteiger partial charge is 0.496 e. The molecule has 1 aromatic carbocycles. The maximum Gasteiger partial charge on any atom is 0.341 e. The molecular weight excluding hydrogens is 364 g/mol. The maximum atomic E-state index is 12.3. The van der Waals surface area contributed by atoms with Crippen molar-refractivity contribution in [1.82, 2.24) is 4.90 Å². The zero-order chi connectivity index (χ0) is 21.0. The molecule has 1 aliphatic rings. The minimum Gasteiger partial charge on any atom is -0.496 e. The molecule has 1 aromatic rings. The van der Waals surface area contributed by atoms with Gasteiger partial charge in [-0.25, -0.2) is 9.59 Å². The van der Waals surface area contributed by atoms with E-state index in [0.29, 0.717) is 41.0 Å². The highest BCUT2D eigenvalue weighted by Gasteiger charge is 2.32. The molecule has 2 N–H and O–H groups in total. The molecule has 0 fully saturated rings. The van der Waals surface area contributed by atoms with Crippen molar-refractivity contribution in [3.05, 3.63) is 33.9 Å². The summed E-state index contributed by atoms with van der Waals surface area (Å²) in [5.74, 6) is -0.767. The molecule has 0 saturated heterocycles. The predicted molar refractivity (Wildman–Crippen MR) is 104 cm³/mol. The van der Waals surface area contributed by atoms with Crippen LogP contribution >= 0.6 is 0 Å². The van der Waals surface area contributed by atoms with E-state index in [1.165, 1.54) is 12.0 Å². The van der Waals surface area contributed by atoms with Crippen LogP contribution in [0.5, 0.6) is 5.75 Å². The van der Waals surface area contributed by atoms with E-state index in [0.717, 1.165) is 11.1 Å². The Kier molecular flexibility index (Phi) is 6.66. The first-order valence-electron chi connectivity index (χ1n) is 8.92. The van der Waals surface area contributed by atoms with Crippen molar-refractivity contribution < 1.29 is 29.0 Å². The molecular formula is C20H26N2O6. The highest BCUT2D eigenvalue weighted by molar-refractivity contribution is 6.05. The third-order valence-corrected chi connectivity index (χ3v) is 4.70. The topological polar surface area (TPSA) is 105 Å². The number of allylic oxidation sites excluding steroid dienone is 2. The van der Waals surface area contributed by atoms with Crippen molar-refractivity contribution in [3.63, 3.8) is 0 Å². The van der Waals surface area contributed by atoms with Crippen LogP contribution in [-0.2, 0) is 22.6 Å². The van der Waals surface area contributed by atoms with Gasteiger partial charge in [-0.2, -0.15) is 0 Å². The first kappa shape index (κ1) is 21.3. The zero-order valence-corrected chi connectivity index (χ0v) is 16.8. The van der Waals surface area contributed by atoms with Crippen LogP contribution in [0.1, 0.15) is 46.8 Å². The minimum atomic E-state index is -0.861. The Morgan fingerprint density at radius 1 is 1.32 bits per heavy atom. The highest BCUT2D eigenvalue weighted by atomic mass is 16.5. The van der Waals surface area contributed by atoms with E-state index < -0.39 is 11.9 Å². The van der Waals surface area contributed by atoms with Gasteiger partial charge in [0.2, 0.25) is 0 Å². The molecule has 0 bridgehead atoms. The van der Waals surface area contributed by atoms with E-state index >= 15 is 0 Å². The summed E-state index contributed by atoms with van der Waals surface area (Å²) in [6.45, 7) is 3.83. The lowest BCUT2D eigenvalue weighted by atomic mass is 9.93. The highest BCUT2D eigenvalue weighted by Crippen LogP contribution is 2.41. The number of carboxylic acids is 1. The van der Waals surface area contributed by atoms with Crippen LogP contribution in [0.4, 0.5) is 10.5 Å². The summed E-state index contributed by atoms with van der Waals surface area (Å²) in [6, 6.07) is -0.374. The molecule has 8 nitrogen and oxygen atoms in total. The Morgan fingerprint density at radius 3 is 2.57 bits per heavy atom. The molecule has 0 radical (unpaired) electrons. The van der Waals surface area contributed by atoms with Crippen molar-refractivity contribution in [2.75, 3.05) is 26.5 Å². The van der Waals surface area contributed by atoms with E-state index in [1.54, 1.807) is 14.1 Å². The van der Waals surface area contributed by atoms with Crippen LogP contribution in [0.3, 0.4) is 0 Å². The second-order valence-electron chi connectivity index (χ2n) is 6.91. The van der Waals surface area contributed by atoms with Crippen LogP contribution < -0.4 is 10.1 Å². The van der Waals surface area contributed by atoms with Gasteiger partial charge in [0.15, 0.2) is 0 Å². The summed E-state index contributed by atoms with van der Waals surface area (Å²) in [5, 5.41) is 11.6. The number of anilines is 1. The molecule has 0 aromatic heterocycles. The number of cyclic esters (lactones) is 1. The fourth-order valence-electron chi connectivity index (χ4n) is 3.09. The number of carbonyl (C=O) groups is 3. The molecule has 152 valence electrons. The van der Waals surface area contributed by atoms with E-state index in [9.17, 15) is 14.4 Å². The average molecular weight is 390 g/mol. The van der Waals surface area contributed by atoms with Crippen molar-refractivity contribution in [2.24, 2.45) is 0 Å². The van der Waals surface area contributed by atoms with Crippen LogP contribution in [0.25, 0.3) is 0 Å². The Hall–Kier alpha value is -3.03. The number of esters is 1. The lowest BCUT2D eigenvalue weighted by Crippen LogP contribution is -2.29. The van der Waals surface area contributed by atoms with Gasteiger partial charge in [-0.3, -0.25) is 4.79 Å². The first-order chi connectivity index (χ1) is 13.2. The van der Waals surface area contributed by atoms with E-state index in [2.05, 4.69) is 5.32 Å². The number of nitrogens with one attached hydrogen (secondary N) is 1. The van der Waals surface area contributed by atoms with Gasteiger partial charge in [0.05, 0.1) is 18.4 Å². The molecule has 1 heterocycles. The van der Waals surface area contributed by atoms with E-state index in [4.69, 9.17) is 14.6 Å². The number of carbonyl (C=O) groups excluding carboxylic acids is 2. The number of ether oxygens (including phenoxy) is 2. The van der Waals surface area contributed by atoms with E-state index in [1.807, 2.05) is 19.9 Å².